The van der Waals surface area contributed by atoms with E-state index in [1.165, 1.54) is 24.3 Å². The van der Waals surface area contributed by atoms with E-state index < -0.39 is 28.4 Å². The number of sulfonamides is 1. The number of amides is 2. The number of carbonyl (C=O) groups excluding carboxylic acids is 2. The molecular weight excluding hydrogens is 454 g/mol. The number of benzene rings is 3. The van der Waals surface area contributed by atoms with Crippen LogP contribution in [0.15, 0.2) is 82.8 Å². The second kappa shape index (κ2) is 9.17. The standard InChI is InChI=1S/C24H19N5O4S/c1-16-6-10-18(11-7-16)29(34(32,33)19-12-8-17(14-25)9-13-19)15-22(30)27-28-23-20-4-2-3-5-21(20)26-24(23)31/h2-13H,15H2,1H3,(H,27,30)(H,26,28,31). The average molecular weight is 474 g/mol. The molecule has 4 rings (SSSR count). The van der Waals surface area contributed by atoms with E-state index in [0.29, 0.717) is 16.8 Å². The third-order valence-corrected chi connectivity index (χ3v) is 6.91. The average Bonchev–Trinajstić information content (AvgIpc) is 3.16. The topological polar surface area (TPSA) is 132 Å². The van der Waals surface area contributed by atoms with Crippen LogP contribution >= 0.6 is 0 Å². The van der Waals surface area contributed by atoms with Gasteiger partial charge in [0.1, 0.15) is 6.54 Å². The number of nitriles is 1. The first-order chi connectivity index (χ1) is 16.3. The predicted octanol–water partition coefficient (Wildman–Crippen LogP) is 2.53. The van der Waals surface area contributed by atoms with Crippen LogP contribution in [0.2, 0.25) is 0 Å². The zero-order valence-electron chi connectivity index (χ0n) is 18.0. The summed E-state index contributed by atoms with van der Waals surface area (Å²) in [5.41, 5.74) is 4.93. The Morgan fingerprint density at radius 1 is 1.06 bits per heavy atom. The minimum Gasteiger partial charge on any atom is -0.320 e. The number of anilines is 2. The van der Waals surface area contributed by atoms with Gasteiger partial charge >= 0.3 is 0 Å². The number of aryl methyl sites for hydroxylation is 1. The molecule has 0 saturated carbocycles. The molecule has 0 bridgehead atoms. The van der Waals surface area contributed by atoms with Crippen molar-refractivity contribution in [1.29, 1.82) is 5.26 Å². The molecule has 0 unspecified atom stereocenters. The van der Waals surface area contributed by atoms with Crippen LogP contribution in [0.4, 0.5) is 11.4 Å². The van der Waals surface area contributed by atoms with E-state index in [1.807, 2.05) is 13.0 Å². The second-order valence-corrected chi connectivity index (χ2v) is 9.34. The Labute approximate surface area is 196 Å². The third-order valence-electron chi connectivity index (χ3n) is 5.12. The van der Waals surface area contributed by atoms with Crippen LogP contribution in [0.1, 0.15) is 16.7 Å². The Hall–Kier alpha value is -4.49. The SMILES string of the molecule is Cc1ccc(N(CC(=O)N/N=C2\C(=O)Nc3ccccc32)S(=O)(=O)c2ccc(C#N)cc2)cc1. The molecule has 2 amide bonds. The molecule has 2 N–H and O–H groups in total. The summed E-state index contributed by atoms with van der Waals surface area (Å²) in [5.74, 6) is -1.20. The number of nitrogens with one attached hydrogen (secondary N) is 2. The first-order valence-corrected chi connectivity index (χ1v) is 11.6. The Kier molecular flexibility index (Phi) is 6.12. The maximum atomic E-state index is 13.4. The summed E-state index contributed by atoms with van der Waals surface area (Å²) in [4.78, 5) is 24.9. The fourth-order valence-electron chi connectivity index (χ4n) is 3.35. The van der Waals surface area contributed by atoms with Gasteiger partial charge in [0.05, 0.1) is 27.9 Å². The van der Waals surface area contributed by atoms with E-state index in [4.69, 9.17) is 5.26 Å². The Morgan fingerprint density at radius 2 is 1.74 bits per heavy atom. The fourth-order valence-corrected chi connectivity index (χ4v) is 4.77. The molecule has 0 radical (unpaired) electrons. The number of fused-ring (bicyclic) bond motifs is 1. The predicted molar refractivity (Wildman–Crippen MR) is 127 cm³/mol. The summed E-state index contributed by atoms with van der Waals surface area (Å²) in [5, 5.41) is 15.6. The summed E-state index contributed by atoms with van der Waals surface area (Å²) in [6.07, 6.45) is 0. The minimum atomic E-state index is -4.15. The normalized spacial score (nSPS) is 13.6. The first-order valence-electron chi connectivity index (χ1n) is 10.2. The fraction of sp³-hybridized carbons (Fsp3) is 0.0833. The molecule has 170 valence electrons. The second-order valence-electron chi connectivity index (χ2n) is 7.48. The highest BCUT2D eigenvalue weighted by Gasteiger charge is 2.29. The van der Waals surface area contributed by atoms with E-state index in [1.54, 1.807) is 48.5 Å². The Bertz CT molecular complexity index is 1440. The zero-order valence-corrected chi connectivity index (χ0v) is 18.8. The molecular formula is C24H19N5O4S. The molecule has 0 atom stereocenters. The summed E-state index contributed by atoms with van der Waals surface area (Å²) >= 11 is 0. The molecule has 0 aliphatic carbocycles. The van der Waals surface area contributed by atoms with Gasteiger partial charge in [-0.05, 0) is 49.4 Å². The van der Waals surface area contributed by atoms with E-state index in [-0.39, 0.29) is 16.3 Å². The van der Waals surface area contributed by atoms with Gasteiger partial charge in [-0.1, -0.05) is 35.9 Å². The van der Waals surface area contributed by atoms with Gasteiger partial charge < -0.3 is 5.32 Å². The molecule has 34 heavy (non-hydrogen) atoms. The van der Waals surface area contributed by atoms with Crippen LogP contribution in [-0.2, 0) is 19.6 Å². The van der Waals surface area contributed by atoms with Crippen LogP contribution in [0.5, 0.6) is 0 Å². The van der Waals surface area contributed by atoms with Crippen LogP contribution < -0.4 is 15.0 Å². The van der Waals surface area contributed by atoms with Crippen LogP contribution in [0.25, 0.3) is 0 Å². The highest BCUT2D eigenvalue weighted by atomic mass is 32.2. The minimum absolute atomic E-state index is 0.0285. The maximum Gasteiger partial charge on any atom is 0.276 e. The molecule has 0 aromatic heterocycles. The highest BCUT2D eigenvalue weighted by molar-refractivity contribution is 7.92. The van der Waals surface area contributed by atoms with Crippen molar-refractivity contribution in [2.24, 2.45) is 5.10 Å². The van der Waals surface area contributed by atoms with E-state index >= 15 is 0 Å². The van der Waals surface area contributed by atoms with Crippen LogP contribution in [0.3, 0.4) is 0 Å². The summed E-state index contributed by atoms with van der Waals surface area (Å²) in [7, 11) is -4.15. The number of hydrogen-bond donors (Lipinski definition) is 2. The van der Waals surface area contributed by atoms with Crippen molar-refractivity contribution < 1.29 is 18.0 Å². The molecule has 0 fully saturated rings. The molecule has 0 saturated heterocycles. The molecule has 10 heteroatoms. The molecule has 1 heterocycles. The summed E-state index contributed by atoms with van der Waals surface area (Å²) in [6.45, 7) is 1.28. The third kappa shape index (κ3) is 4.51. The highest BCUT2D eigenvalue weighted by Crippen LogP contribution is 2.25. The lowest BCUT2D eigenvalue weighted by atomic mass is 10.1. The summed E-state index contributed by atoms with van der Waals surface area (Å²) < 4.78 is 27.7. The lowest BCUT2D eigenvalue weighted by molar-refractivity contribution is -0.119. The summed E-state index contributed by atoms with van der Waals surface area (Å²) in [6, 6.07) is 20.9. The largest absolute Gasteiger partial charge is 0.320 e. The van der Waals surface area contributed by atoms with Gasteiger partial charge in [-0.3, -0.25) is 13.9 Å². The number of carbonyl (C=O) groups is 2. The number of rotatable bonds is 6. The Balaban J connectivity index is 1.62. The van der Waals surface area contributed by atoms with Gasteiger partial charge in [0.15, 0.2) is 5.71 Å². The van der Waals surface area contributed by atoms with Crippen molar-refractivity contribution in [2.45, 2.75) is 11.8 Å². The molecule has 3 aromatic rings. The van der Waals surface area contributed by atoms with Gasteiger partial charge in [-0.15, -0.1) is 0 Å². The number of para-hydroxylation sites is 1. The number of hydrazone groups is 1. The van der Waals surface area contributed by atoms with Crippen molar-refractivity contribution in [3.8, 4) is 6.07 Å². The quantitative estimate of drug-likeness (QED) is 0.531. The van der Waals surface area contributed by atoms with Crippen molar-refractivity contribution >= 4 is 38.9 Å². The molecule has 1 aliphatic heterocycles. The van der Waals surface area contributed by atoms with Gasteiger partial charge in [0.2, 0.25) is 0 Å². The molecule has 1 aliphatic rings. The van der Waals surface area contributed by atoms with Gasteiger partial charge in [-0.25, -0.2) is 13.8 Å². The monoisotopic (exact) mass is 473 g/mol. The molecule has 0 spiro atoms. The van der Waals surface area contributed by atoms with Crippen molar-refractivity contribution in [1.82, 2.24) is 5.43 Å². The number of nitrogens with zero attached hydrogens (tertiary/aromatic N) is 3. The lowest BCUT2D eigenvalue weighted by Crippen LogP contribution is -2.40. The van der Waals surface area contributed by atoms with Gasteiger partial charge in [0, 0.05) is 5.56 Å². The molecule has 9 nitrogen and oxygen atoms in total. The van der Waals surface area contributed by atoms with Crippen molar-refractivity contribution in [3.05, 3.63) is 89.5 Å². The Morgan fingerprint density at radius 3 is 2.41 bits per heavy atom. The van der Waals surface area contributed by atoms with E-state index in [9.17, 15) is 18.0 Å². The van der Waals surface area contributed by atoms with Gasteiger partial charge in [-0.2, -0.15) is 10.4 Å². The zero-order chi connectivity index (χ0) is 24.3. The smallest absolute Gasteiger partial charge is 0.276 e. The number of hydrogen-bond acceptors (Lipinski definition) is 6. The van der Waals surface area contributed by atoms with Crippen molar-refractivity contribution in [2.75, 3.05) is 16.2 Å². The van der Waals surface area contributed by atoms with E-state index in [0.717, 1.165) is 9.87 Å². The molecule has 3 aromatic carbocycles. The van der Waals surface area contributed by atoms with Crippen molar-refractivity contribution in [3.63, 3.8) is 0 Å². The van der Waals surface area contributed by atoms with Crippen LogP contribution in [0, 0.1) is 18.3 Å². The maximum absolute atomic E-state index is 13.4. The van der Waals surface area contributed by atoms with Gasteiger partial charge in [0.25, 0.3) is 21.8 Å². The van der Waals surface area contributed by atoms with Crippen LogP contribution in [-0.4, -0.2) is 32.5 Å². The lowest BCUT2D eigenvalue weighted by Gasteiger charge is -2.24. The first kappa shape index (κ1) is 22.7. The van der Waals surface area contributed by atoms with E-state index in [2.05, 4.69) is 15.8 Å².